The normalized spacial score (nSPS) is 45.4. The molecule has 0 aliphatic carbocycles. The molecule has 1 unspecified atom stereocenters. The Labute approximate surface area is 89.6 Å². The van der Waals surface area contributed by atoms with E-state index in [-0.39, 0.29) is 5.97 Å². The lowest BCUT2D eigenvalue weighted by Crippen LogP contribution is -2.50. The van der Waals surface area contributed by atoms with Crippen LogP contribution in [0.15, 0.2) is 16.5 Å². The van der Waals surface area contributed by atoms with Crippen LogP contribution in [0.2, 0.25) is 0 Å². The van der Waals surface area contributed by atoms with E-state index in [1.165, 1.54) is 0 Å². The Bertz CT molecular complexity index is 482. The number of rotatable bonds is 0. The summed E-state index contributed by atoms with van der Waals surface area (Å²) in [7, 11) is 0. The van der Waals surface area contributed by atoms with E-state index < -0.39 is 17.1 Å². The number of furan rings is 1. The largest absolute Gasteiger partial charge is 0.464 e. The molecule has 4 heterocycles. The van der Waals surface area contributed by atoms with Crippen molar-refractivity contribution in [2.45, 2.75) is 17.1 Å². The average Bonchev–Trinajstić information content (AvgIpc) is 2.89. The molecule has 1 aromatic rings. The summed E-state index contributed by atoms with van der Waals surface area (Å²) < 4.78 is 10.6. The van der Waals surface area contributed by atoms with Crippen molar-refractivity contribution in [2.75, 3.05) is 11.5 Å². The second kappa shape index (κ2) is 2.10. The number of cyclic esters (lactones) is 1. The number of aliphatic hydroxyl groups excluding tert-OH is 1. The van der Waals surface area contributed by atoms with Crippen LogP contribution >= 0.6 is 11.8 Å². The fraction of sp³-hybridized carbons (Fsp3) is 0.500. The van der Waals surface area contributed by atoms with Crippen molar-refractivity contribution < 1.29 is 19.1 Å². The van der Waals surface area contributed by atoms with E-state index in [2.05, 4.69) is 0 Å². The van der Waals surface area contributed by atoms with Gasteiger partial charge in [0, 0.05) is 11.5 Å². The van der Waals surface area contributed by atoms with Gasteiger partial charge in [0.05, 0.1) is 0 Å². The maximum atomic E-state index is 11.9. The number of carbonyl (C=O) groups excluding carboxylic acids is 1. The van der Waals surface area contributed by atoms with Crippen molar-refractivity contribution in [1.29, 1.82) is 0 Å². The van der Waals surface area contributed by atoms with E-state index >= 15 is 0 Å². The minimum atomic E-state index is -1.06. The highest BCUT2D eigenvalue weighted by atomic mass is 32.2. The summed E-state index contributed by atoms with van der Waals surface area (Å²) in [6.45, 7) is 0. The molecule has 0 aromatic carbocycles. The molecule has 15 heavy (non-hydrogen) atoms. The fourth-order valence-electron chi connectivity index (χ4n) is 3.04. The van der Waals surface area contributed by atoms with Crippen LogP contribution in [-0.2, 0) is 20.4 Å². The van der Waals surface area contributed by atoms with Crippen LogP contribution in [0.4, 0.5) is 0 Å². The molecule has 2 saturated heterocycles. The summed E-state index contributed by atoms with van der Waals surface area (Å²) in [5.41, 5.74) is -1.38. The summed E-state index contributed by atoms with van der Waals surface area (Å²) in [6, 6.07) is 3.66. The standard InChI is InChI=1S/C10H8O4S/c11-7-9-3-15-4-10(9,8(12)14-7)6-2-1-5(9)13-6/h1-2,7,11H,3-4H2/t7?,9-,10+/m1/s1. The highest BCUT2D eigenvalue weighted by molar-refractivity contribution is 7.99. The second-order valence-corrected chi connectivity index (χ2v) is 5.28. The fourth-order valence-corrected chi connectivity index (χ4v) is 4.82. The molecule has 3 aliphatic rings. The van der Waals surface area contributed by atoms with Gasteiger partial charge < -0.3 is 14.3 Å². The number of hydrogen-bond donors (Lipinski definition) is 1. The van der Waals surface area contributed by atoms with Gasteiger partial charge >= 0.3 is 5.97 Å². The topological polar surface area (TPSA) is 59.7 Å². The minimum absolute atomic E-state index is 0.339. The molecule has 4 rings (SSSR count). The smallest absolute Gasteiger partial charge is 0.324 e. The predicted octanol–water partition coefficient (Wildman–Crippen LogP) is 0.391. The quantitative estimate of drug-likeness (QED) is 0.646. The summed E-state index contributed by atoms with van der Waals surface area (Å²) >= 11 is 1.67. The highest BCUT2D eigenvalue weighted by Gasteiger charge is 2.77. The van der Waals surface area contributed by atoms with Gasteiger partial charge in [0.15, 0.2) is 5.41 Å². The number of fused-ring (bicyclic) bond motifs is 2. The van der Waals surface area contributed by atoms with Gasteiger partial charge in [-0.05, 0) is 12.1 Å². The van der Waals surface area contributed by atoms with Crippen LogP contribution in [0.3, 0.4) is 0 Å². The van der Waals surface area contributed by atoms with Gasteiger partial charge in [-0.3, -0.25) is 4.79 Å². The molecule has 3 aliphatic heterocycles. The average molecular weight is 224 g/mol. The summed E-state index contributed by atoms with van der Waals surface area (Å²) in [6.07, 6.45) is -1.06. The number of esters is 1. The van der Waals surface area contributed by atoms with E-state index in [0.717, 1.165) is 0 Å². The van der Waals surface area contributed by atoms with Crippen molar-refractivity contribution >= 4 is 17.7 Å². The zero-order valence-corrected chi connectivity index (χ0v) is 8.54. The monoisotopic (exact) mass is 224 g/mol. The molecule has 5 heteroatoms. The van der Waals surface area contributed by atoms with E-state index in [9.17, 15) is 9.90 Å². The molecule has 0 amide bonds. The van der Waals surface area contributed by atoms with Crippen molar-refractivity contribution in [3.8, 4) is 0 Å². The first kappa shape index (κ1) is 8.24. The molecule has 0 spiro atoms. The van der Waals surface area contributed by atoms with Crippen molar-refractivity contribution in [3.63, 3.8) is 0 Å². The first-order valence-electron chi connectivity index (χ1n) is 4.79. The van der Waals surface area contributed by atoms with E-state index in [0.29, 0.717) is 23.0 Å². The van der Waals surface area contributed by atoms with Crippen LogP contribution < -0.4 is 0 Å². The molecule has 0 radical (unpaired) electrons. The maximum absolute atomic E-state index is 11.9. The molecular weight excluding hydrogens is 216 g/mol. The van der Waals surface area contributed by atoms with E-state index in [4.69, 9.17) is 9.15 Å². The number of aliphatic hydroxyl groups is 1. The van der Waals surface area contributed by atoms with Crippen molar-refractivity contribution in [3.05, 3.63) is 23.7 Å². The Balaban J connectivity index is 2.10. The first-order valence-corrected chi connectivity index (χ1v) is 5.95. The molecule has 4 nitrogen and oxygen atoms in total. The first-order chi connectivity index (χ1) is 7.22. The summed E-state index contributed by atoms with van der Waals surface area (Å²) in [4.78, 5) is 11.9. The molecular formula is C10H8O4S. The van der Waals surface area contributed by atoms with Gasteiger partial charge in [0.1, 0.15) is 16.9 Å². The van der Waals surface area contributed by atoms with Crippen LogP contribution in [0, 0.1) is 0 Å². The molecule has 1 N–H and O–H groups in total. The Morgan fingerprint density at radius 2 is 2.20 bits per heavy atom. The lowest BCUT2D eigenvalue weighted by molar-refractivity contribution is -0.159. The number of thioether (sulfide) groups is 1. The van der Waals surface area contributed by atoms with Gasteiger partial charge in [-0.15, -0.1) is 0 Å². The van der Waals surface area contributed by atoms with Gasteiger partial charge in [0.2, 0.25) is 6.29 Å². The zero-order chi connectivity index (χ0) is 10.3. The van der Waals surface area contributed by atoms with Crippen molar-refractivity contribution in [1.82, 2.24) is 0 Å². The van der Waals surface area contributed by atoms with E-state index in [1.54, 1.807) is 11.8 Å². The SMILES string of the molecule is O=C1OC(O)[C@]23CSC[C@]12c1ccc3o1. The number of hydrogen-bond acceptors (Lipinski definition) is 5. The highest BCUT2D eigenvalue weighted by Crippen LogP contribution is 2.64. The Hall–Kier alpha value is -0.940. The zero-order valence-electron chi connectivity index (χ0n) is 7.73. The summed E-state index contributed by atoms with van der Waals surface area (Å²) in [5, 5.41) is 9.94. The second-order valence-electron chi connectivity index (χ2n) is 4.29. The third-order valence-corrected chi connectivity index (χ3v) is 5.16. The molecule has 1 aromatic heterocycles. The number of carbonyl (C=O) groups is 1. The van der Waals surface area contributed by atoms with Gasteiger partial charge in [-0.2, -0.15) is 11.8 Å². The van der Waals surface area contributed by atoms with Gasteiger partial charge in [-0.25, -0.2) is 0 Å². The van der Waals surface area contributed by atoms with Crippen LogP contribution in [0.25, 0.3) is 0 Å². The molecule has 0 saturated carbocycles. The number of ether oxygens (including phenoxy) is 1. The molecule has 3 atom stereocenters. The molecule has 78 valence electrons. The van der Waals surface area contributed by atoms with Gasteiger partial charge in [-0.1, -0.05) is 0 Å². The Morgan fingerprint density at radius 3 is 3.00 bits per heavy atom. The lowest BCUT2D eigenvalue weighted by atomic mass is 9.64. The Kier molecular flexibility index (Phi) is 1.15. The van der Waals surface area contributed by atoms with Crippen LogP contribution in [0.1, 0.15) is 11.5 Å². The lowest BCUT2D eigenvalue weighted by Gasteiger charge is -2.28. The summed E-state index contributed by atoms with van der Waals surface area (Å²) in [5.74, 6) is 2.34. The van der Waals surface area contributed by atoms with Gasteiger partial charge in [0.25, 0.3) is 0 Å². The maximum Gasteiger partial charge on any atom is 0.324 e. The minimum Gasteiger partial charge on any atom is -0.464 e. The van der Waals surface area contributed by atoms with Crippen molar-refractivity contribution in [2.24, 2.45) is 0 Å². The molecule has 2 bridgehead atoms. The molecule has 2 fully saturated rings. The van der Waals surface area contributed by atoms with E-state index in [1.807, 2.05) is 12.1 Å². The van der Waals surface area contributed by atoms with Crippen LogP contribution in [-0.4, -0.2) is 28.9 Å². The Morgan fingerprint density at radius 1 is 1.40 bits per heavy atom. The third kappa shape index (κ3) is 0.567. The third-order valence-electron chi connectivity index (χ3n) is 3.86. The van der Waals surface area contributed by atoms with Crippen LogP contribution in [0.5, 0.6) is 0 Å². The predicted molar refractivity (Wildman–Crippen MR) is 51.5 cm³/mol.